The topological polar surface area (TPSA) is 108 Å². The molecule has 2 rings (SSSR count). The molecular formula is C12H18N4O3. The molecule has 0 bridgehead atoms. The molecule has 0 radical (unpaired) electrons. The molecule has 1 amide bonds. The van der Waals surface area contributed by atoms with Crippen molar-refractivity contribution in [3.05, 3.63) is 11.6 Å². The van der Waals surface area contributed by atoms with Crippen LogP contribution in [0.15, 0.2) is 0 Å². The Bertz CT molecular complexity index is 467. The summed E-state index contributed by atoms with van der Waals surface area (Å²) < 4.78 is 0. The lowest BCUT2D eigenvalue weighted by molar-refractivity contribution is -0.138. The van der Waals surface area contributed by atoms with Gasteiger partial charge >= 0.3 is 5.97 Å². The van der Waals surface area contributed by atoms with Crippen molar-refractivity contribution in [3.63, 3.8) is 0 Å². The average Bonchev–Trinajstić information content (AvgIpc) is 3.11. The van der Waals surface area contributed by atoms with Crippen LogP contribution in [0.2, 0.25) is 0 Å². The molecule has 1 heterocycles. The highest BCUT2D eigenvalue weighted by Gasteiger charge is 2.28. The zero-order valence-electron chi connectivity index (χ0n) is 10.8. The van der Waals surface area contributed by atoms with Gasteiger partial charge in [0.25, 0.3) is 5.91 Å². The summed E-state index contributed by atoms with van der Waals surface area (Å²) in [4.78, 5) is 26.6. The second-order valence-electron chi connectivity index (χ2n) is 4.90. The molecule has 19 heavy (non-hydrogen) atoms. The third kappa shape index (κ3) is 3.77. The van der Waals surface area contributed by atoms with Crippen LogP contribution in [0.1, 0.15) is 55.0 Å². The first kappa shape index (κ1) is 13.5. The molecular weight excluding hydrogens is 248 g/mol. The maximum Gasteiger partial charge on any atom is 0.303 e. The van der Waals surface area contributed by atoms with Gasteiger partial charge in [0.15, 0.2) is 0 Å². The van der Waals surface area contributed by atoms with E-state index in [9.17, 15) is 9.59 Å². The first-order valence-corrected chi connectivity index (χ1v) is 6.52. The zero-order valence-corrected chi connectivity index (χ0v) is 10.8. The summed E-state index contributed by atoms with van der Waals surface area (Å²) in [6, 6.07) is 0. The van der Waals surface area contributed by atoms with Crippen molar-refractivity contribution in [2.24, 2.45) is 5.92 Å². The molecule has 0 aromatic carbocycles. The summed E-state index contributed by atoms with van der Waals surface area (Å²) in [7, 11) is 0. The standard InChI is InChI=1S/C12H18N4O3/c1-2-7(5-9(17)18)6-13-12(19)11-14-10(15-16-11)8-3-4-8/h7-8H,2-6H2,1H3,(H,13,19)(H,17,18)(H,14,15,16). The van der Waals surface area contributed by atoms with Crippen molar-refractivity contribution in [1.29, 1.82) is 0 Å². The van der Waals surface area contributed by atoms with Gasteiger partial charge in [0.1, 0.15) is 5.82 Å². The van der Waals surface area contributed by atoms with Crippen LogP contribution in [0.4, 0.5) is 0 Å². The number of hydrogen-bond donors (Lipinski definition) is 3. The molecule has 7 heteroatoms. The van der Waals surface area contributed by atoms with Gasteiger partial charge < -0.3 is 10.4 Å². The molecule has 1 aliphatic carbocycles. The number of H-pyrrole nitrogens is 1. The fraction of sp³-hybridized carbons (Fsp3) is 0.667. The van der Waals surface area contributed by atoms with Gasteiger partial charge in [-0.15, -0.1) is 5.10 Å². The average molecular weight is 266 g/mol. The molecule has 1 aromatic heterocycles. The summed E-state index contributed by atoms with van der Waals surface area (Å²) in [5.41, 5.74) is 0. The van der Waals surface area contributed by atoms with Crippen LogP contribution in [0.25, 0.3) is 0 Å². The molecule has 1 saturated carbocycles. The lowest BCUT2D eigenvalue weighted by atomic mass is 10.0. The van der Waals surface area contributed by atoms with Gasteiger partial charge in [-0.25, -0.2) is 4.98 Å². The second kappa shape index (κ2) is 5.81. The lowest BCUT2D eigenvalue weighted by Gasteiger charge is -2.12. The minimum Gasteiger partial charge on any atom is -0.481 e. The molecule has 1 atom stereocenters. The Morgan fingerprint density at radius 2 is 2.26 bits per heavy atom. The number of carboxylic acid groups (broad SMARTS) is 1. The maximum absolute atomic E-state index is 11.8. The Balaban J connectivity index is 1.83. The highest BCUT2D eigenvalue weighted by Crippen LogP contribution is 2.37. The monoisotopic (exact) mass is 266 g/mol. The van der Waals surface area contributed by atoms with Crippen molar-refractivity contribution in [1.82, 2.24) is 20.5 Å². The number of carboxylic acids is 1. The molecule has 0 spiro atoms. The minimum atomic E-state index is -0.852. The van der Waals surface area contributed by atoms with Gasteiger partial charge in [0.2, 0.25) is 5.82 Å². The molecule has 104 valence electrons. The van der Waals surface area contributed by atoms with Gasteiger partial charge in [-0.2, -0.15) is 0 Å². The maximum atomic E-state index is 11.8. The number of nitrogens with zero attached hydrogens (tertiary/aromatic N) is 2. The molecule has 1 aromatic rings. The lowest BCUT2D eigenvalue weighted by Crippen LogP contribution is -2.30. The molecule has 1 aliphatic rings. The Hall–Kier alpha value is -1.92. The normalized spacial score (nSPS) is 16.1. The Kier molecular flexibility index (Phi) is 4.13. The van der Waals surface area contributed by atoms with Crippen LogP contribution in [0.5, 0.6) is 0 Å². The fourth-order valence-electron chi connectivity index (χ4n) is 1.84. The SMILES string of the molecule is CCC(CNC(=O)c1n[nH]c(C2CC2)n1)CC(=O)O. The third-order valence-corrected chi connectivity index (χ3v) is 3.26. The van der Waals surface area contributed by atoms with Gasteiger partial charge in [-0.1, -0.05) is 13.3 Å². The summed E-state index contributed by atoms with van der Waals surface area (Å²) in [6.07, 6.45) is 2.94. The quantitative estimate of drug-likeness (QED) is 0.680. The number of carbonyl (C=O) groups excluding carboxylic acids is 1. The van der Waals surface area contributed by atoms with E-state index in [-0.39, 0.29) is 24.1 Å². The van der Waals surface area contributed by atoms with Crippen LogP contribution < -0.4 is 5.32 Å². The van der Waals surface area contributed by atoms with Crippen LogP contribution in [0.3, 0.4) is 0 Å². The first-order valence-electron chi connectivity index (χ1n) is 6.52. The van der Waals surface area contributed by atoms with Crippen molar-refractivity contribution in [2.75, 3.05) is 6.54 Å². The molecule has 0 saturated heterocycles. The molecule has 1 unspecified atom stereocenters. The van der Waals surface area contributed by atoms with E-state index >= 15 is 0 Å². The first-order chi connectivity index (χ1) is 9.10. The molecule has 0 aliphatic heterocycles. The summed E-state index contributed by atoms with van der Waals surface area (Å²) >= 11 is 0. The number of aromatic amines is 1. The van der Waals surface area contributed by atoms with Crippen LogP contribution in [-0.2, 0) is 4.79 Å². The van der Waals surface area contributed by atoms with E-state index in [0.29, 0.717) is 18.9 Å². The third-order valence-electron chi connectivity index (χ3n) is 3.26. The fourth-order valence-corrected chi connectivity index (χ4v) is 1.84. The number of rotatable bonds is 7. The number of aliphatic carboxylic acids is 1. The Morgan fingerprint density at radius 1 is 1.53 bits per heavy atom. The number of carbonyl (C=O) groups is 2. The molecule has 1 fully saturated rings. The largest absolute Gasteiger partial charge is 0.481 e. The van der Waals surface area contributed by atoms with Crippen LogP contribution in [-0.4, -0.2) is 38.7 Å². The van der Waals surface area contributed by atoms with E-state index in [2.05, 4.69) is 20.5 Å². The number of nitrogens with one attached hydrogen (secondary N) is 2. The summed E-state index contributed by atoms with van der Waals surface area (Å²) in [6.45, 7) is 2.23. The van der Waals surface area contributed by atoms with E-state index < -0.39 is 5.97 Å². The predicted molar refractivity (Wildman–Crippen MR) is 66.7 cm³/mol. The van der Waals surface area contributed by atoms with Crippen molar-refractivity contribution >= 4 is 11.9 Å². The van der Waals surface area contributed by atoms with Crippen LogP contribution >= 0.6 is 0 Å². The van der Waals surface area contributed by atoms with Gasteiger partial charge in [-0.05, 0) is 18.8 Å². The zero-order chi connectivity index (χ0) is 13.8. The van der Waals surface area contributed by atoms with E-state index in [1.807, 2.05) is 6.92 Å². The van der Waals surface area contributed by atoms with Crippen molar-refractivity contribution < 1.29 is 14.7 Å². The van der Waals surface area contributed by atoms with E-state index in [1.54, 1.807) is 0 Å². The van der Waals surface area contributed by atoms with E-state index in [4.69, 9.17) is 5.11 Å². The van der Waals surface area contributed by atoms with Crippen LogP contribution in [0, 0.1) is 5.92 Å². The smallest absolute Gasteiger partial charge is 0.303 e. The van der Waals surface area contributed by atoms with E-state index in [0.717, 1.165) is 18.7 Å². The highest BCUT2D eigenvalue weighted by atomic mass is 16.4. The Labute approximate surface area is 110 Å². The molecule has 7 nitrogen and oxygen atoms in total. The number of hydrogen-bond acceptors (Lipinski definition) is 4. The second-order valence-corrected chi connectivity index (χ2v) is 4.90. The van der Waals surface area contributed by atoms with Gasteiger partial charge in [0.05, 0.1) is 0 Å². The van der Waals surface area contributed by atoms with Gasteiger partial charge in [-0.3, -0.25) is 14.7 Å². The minimum absolute atomic E-state index is 0.0537. The van der Waals surface area contributed by atoms with Crippen molar-refractivity contribution in [3.8, 4) is 0 Å². The number of amides is 1. The highest BCUT2D eigenvalue weighted by molar-refractivity contribution is 5.90. The predicted octanol–water partition coefficient (Wildman–Crippen LogP) is 0.913. The van der Waals surface area contributed by atoms with Crippen molar-refractivity contribution in [2.45, 2.75) is 38.5 Å². The molecule has 3 N–H and O–H groups in total. The van der Waals surface area contributed by atoms with E-state index in [1.165, 1.54) is 0 Å². The number of aromatic nitrogens is 3. The Morgan fingerprint density at radius 3 is 2.84 bits per heavy atom. The summed E-state index contributed by atoms with van der Waals surface area (Å²) in [5, 5.41) is 18.1. The summed E-state index contributed by atoms with van der Waals surface area (Å²) in [5.74, 6) is 0.0459. The van der Waals surface area contributed by atoms with Gasteiger partial charge in [0, 0.05) is 18.9 Å².